The van der Waals surface area contributed by atoms with Gasteiger partial charge in [0, 0.05) is 46.3 Å². The minimum absolute atomic E-state index is 0.0539. The molecule has 0 aromatic rings. The molecule has 19 heteroatoms. The highest BCUT2D eigenvalue weighted by atomic mass is 16.7. The molecule has 0 saturated carbocycles. The van der Waals surface area contributed by atoms with E-state index in [4.69, 9.17) is 37.9 Å². The molecule has 0 radical (unpaired) electrons. The highest BCUT2D eigenvalue weighted by molar-refractivity contribution is 6.05. The van der Waals surface area contributed by atoms with Crippen molar-refractivity contribution in [1.29, 1.82) is 0 Å². The smallest absolute Gasteiger partial charge is 0.309 e. The van der Waals surface area contributed by atoms with Gasteiger partial charge in [0.05, 0.1) is 54.8 Å². The Morgan fingerprint density at radius 3 is 2.20 bits per heavy atom. The zero-order valence-corrected chi connectivity index (χ0v) is 40.5. The Kier molecular flexibility index (Phi) is 18.1. The van der Waals surface area contributed by atoms with Gasteiger partial charge < -0.3 is 62.9 Å². The molecule has 5 aliphatic heterocycles. The Balaban J connectivity index is 1.47. The van der Waals surface area contributed by atoms with Crippen molar-refractivity contribution in [2.24, 2.45) is 41.4 Å². The Morgan fingerprint density at radius 1 is 0.939 bits per heavy atom. The fourth-order valence-corrected chi connectivity index (χ4v) is 10.9. The molecule has 0 spiro atoms. The third-order valence-electron chi connectivity index (χ3n) is 14.0. The van der Waals surface area contributed by atoms with E-state index in [9.17, 15) is 44.1 Å². The molecule has 2 amide bonds. The van der Waals surface area contributed by atoms with E-state index in [-0.39, 0.29) is 38.0 Å². The molecule has 4 fully saturated rings. The van der Waals surface area contributed by atoms with Crippen LogP contribution in [0.25, 0.3) is 0 Å². The second kappa shape index (κ2) is 22.4. The van der Waals surface area contributed by atoms with Crippen LogP contribution in [0.1, 0.15) is 93.9 Å². The number of likely N-dealkylation sites (N-methyl/N-ethyl adjacent to an activating group) is 1. The molecule has 5 heterocycles. The Labute approximate surface area is 388 Å². The molecule has 374 valence electrons. The lowest BCUT2D eigenvalue weighted by Gasteiger charge is -2.50. The maximum absolute atomic E-state index is 13.7. The molecule has 19 nitrogen and oxygen atoms in total. The first-order chi connectivity index (χ1) is 30.9. The number of esters is 3. The number of allylic oxidation sites excluding steroid dienone is 1. The number of carbonyl (C=O) groups excluding carboxylic acids is 6. The molecule has 2 bridgehead atoms. The molecular formula is C47H74N2O17. The summed E-state index contributed by atoms with van der Waals surface area (Å²) in [6.45, 7) is 13.3. The predicted molar refractivity (Wildman–Crippen MR) is 232 cm³/mol. The molecule has 4 unspecified atom stereocenters. The molecule has 6 rings (SSSR count). The van der Waals surface area contributed by atoms with E-state index in [0.29, 0.717) is 6.29 Å². The van der Waals surface area contributed by atoms with Crippen molar-refractivity contribution in [2.75, 3.05) is 28.3 Å². The van der Waals surface area contributed by atoms with E-state index < -0.39 is 157 Å². The summed E-state index contributed by atoms with van der Waals surface area (Å²) in [6, 6.07) is -0.822. The number of aliphatic hydroxyl groups excluding tert-OH is 2. The van der Waals surface area contributed by atoms with Crippen molar-refractivity contribution in [3.05, 3.63) is 12.2 Å². The van der Waals surface area contributed by atoms with Gasteiger partial charge in [-0.3, -0.25) is 28.9 Å². The van der Waals surface area contributed by atoms with Crippen LogP contribution in [0.3, 0.4) is 0 Å². The van der Waals surface area contributed by atoms with Crippen LogP contribution in [0.15, 0.2) is 12.2 Å². The first kappa shape index (κ1) is 53.6. The molecule has 6 aliphatic rings. The fraction of sp³-hybridized carbons (Fsp3) is 0.830. The number of aliphatic hydroxyl groups is 3. The summed E-state index contributed by atoms with van der Waals surface area (Å²) in [5.74, 6) is -7.31. The second-order valence-corrected chi connectivity index (χ2v) is 20.1. The summed E-state index contributed by atoms with van der Waals surface area (Å²) in [5.41, 5.74) is -1.53. The van der Waals surface area contributed by atoms with Crippen LogP contribution in [0, 0.1) is 41.4 Å². The van der Waals surface area contributed by atoms with Crippen LogP contribution >= 0.6 is 0 Å². The number of fused-ring (bicyclic) bond motifs is 11. The minimum atomic E-state index is -1.53. The Morgan fingerprint density at radius 2 is 1.61 bits per heavy atom. The summed E-state index contributed by atoms with van der Waals surface area (Å²) in [5, 5.41) is 35.9. The molecular weight excluding hydrogens is 865 g/mol. The Bertz CT molecular complexity index is 1760. The highest BCUT2D eigenvalue weighted by Gasteiger charge is 2.57. The van der Waals surface area contributed by atoms with E-state index in [1.165, 1.54) is 21.1 Å². The maximum Gasteiger partial charge on any atom is 0.309 e. The van der Waals surface area contributed by atoms with Crippen LogP contribution in [-0.2, 0) is 66.7 Å². The van der Waals surface area contributed by atoms with Gasteiger partial charge in [-0.1, -0.05) is 32.9 Å². The number of hydrogen-bond donors (Lipinski definition) is 3. The van der Waals surface area contributed by atoms with Gasteiger partial charge in [0.15, 0.2) is 18.7 Å². The van der Waals surface area contributed by atoms with Gasteiger partial charge in [0.2, 0.25) is 11.8 Å². The summed E-state index contributed by atoms with van der Waals surface area (Å²) in [4.78, 5) is 81.4. The minimum Gasteiger partial charge on any atom is -0.463 e. The van der Waals surface area contributed by atoms with Crippen LogP contribution in [0.4, 0.5) is 0 Å². The molecule has 4 saturated heterocycles. The summed E-state index contributed by atoms with van der Waals surface area (Å²) in [6.07, 6.45) is -9.04. The van der Waals surface area contributed by atoms with Crippen LogP contribution in [0.2, 0.25) is 0 Å². The second-order valence-electron chi connectivity index (χ2n) is 20.1. The van der Waals surface area contributed by atoms with Crippen molar-refractivity contribution < 1.29 is 82.0 Å². The quantitative estimate of drug-likeness (QED) is 0.0832. The lowest BCUT2D eigenvalue weighted by atomic mass is 9.66. The number of hydrogen-bond acceptors (Lipinski definition) is 18. The van der Waals surface area contributed by atoms with Crippen LogP contribution in [0.5, 0.6) is 0 Å². The monoisotopic (exact) mass is 938 g/mol. The third kappa shape index (κ3) is 12.1. The van der Waals surface area contributed by atoms with E-state index in [1.807, 2.05) is 13.8 Å². The van der Waals surface area contributed by atoms with Gasteiger partial charge in [0.1, 0.15) is 36.3 Å². The molecule has 0 aromatic carbocycles. The number of nitrogens with zero attached hydrogens (tertiary/aromatic N) is 2. The zero-order valence-electron chi connectivity index (χ0n) is 40.5. The largest absolute Gasteiger partial charge is 0.463 e. The van der Waals surface area contributed by atoms with Crippen molar-refractivity contribution in [1.82, 2.24) is 9.80 Å². The summed E-state index contributed by atoms with van der Waals surface area (Å²) >= 11 is 0. The van der Waals surface area contributed by atoms with Crippen molar-refractivity contribution in [2.45, 2.75) is 179 Å². The normalized spacial score (nSPS) is 42.6. The first-order valence-corrected chi connectivity index (χ1v) is 23.3. The lowest BCUT2D eigenvalue weighted by Crippen LogP contribution is -2.66. The lowest BCUT2D eigenvalue weighted by molar-refractivity contribution is -0.344. The van der Waals surface area contributed by atoms with Crippen LogP contribution < -0.4 is 0 Å². The average Bonchev–Trinajstić information content (AvgIpc) is 3.43. The summed E-state index contributed by atoms with van der Waals surface area (Å²) < 4.78 is 49.1. The van der Waals surface area contributed by atoms with Crippen molar-refractivity contribution >= 4 is 36.0 Å². The van der Waals surface area contributed by atoms with Gasteiger partial charge in [-0.15, -0.1) is 0 Å². The van der Waals surface area contributed by atoms with Gasteiger partial charge in [-0.05, 0) is 78.3 Å². The number of ether oxygens (including phenoxy) is 8. The molecule has 66 heavy (non-hydrogen) atoms. The van der Waals surface area contributed by atoms with E-state index in [2.05, 4.69) is 0 Å². The third-order valence-corrected chi connectivity index (χ3v) is 14.0. The highest BCUT2D eigenvalue weighted by Crippen LogP contribution is 2.47. The number of aldehydes is 1. The number of carbonyl (C=O) groups is 6. The SMILES string of the molecule is CO[C@@H]1[C@@H](O[C@@H]2O[C@H](C)[C@@H](O[C@H]3C[C@@](C)(O)[C@@H](OC(=O)CC(C)C)[C@H](C)O3)[C@H](N(C)C)[C@H]2O)[C@@H](C)C[C@@H](CC=O)[C@@H](O)C2C=CC(C[C@@H](C)OC(=O)C[C@H]1OC(C)=O)C1C(=O)N(C)C(=O)C12. The van der Waals surface area contributed by atoms with Gasteiger partial charge in [-0.2, -0.15) is 0 Å². The Hall–Kier alpha value is -3.40. The van der Waals surface area contributed by atoms with Crippen LogP contribution in [-0.4, -0.2) is 175 Å². The van der Waals surface area contributed by atoms with Gasteiger partial charge >= 0.3 is 17.9 Å². The standard InChI is InChI=1S/C47H74N2O17/c1-22(2)17-32(52)64-43-26(6)61-34(21-47(43,8)58)65-41-25(5)62-46(39(55)37(41)48(9)10)66-40-23(3)18-29(15-16-50)38(54)30-14-13-28(35-36(30)45(57)49(11)44(35)56)19-24(4)60-33(53)20-31(42(40)59-12)63-27(7)51/h13-14,16,22-26,28-31,34-43,46,54-55,58H,15,17-21H2,1-12H3/t23-,24+,25+,26-,28?,29+,30?,31+,34-,35?,36?,37+,38+,39+,40-,41+,42-,43-,46-,47+/m0/s1. The number of likely N-dealkylation sites (tertiary alicyclic amines) is 1. The van der Waals surface area contributed by atoms with Gasteiger partial charge in [-0.25, -0.2) is 0 Å². The van der Waals surface area contributed by atoms with E-state index >= 15 is 0 Å². The number of imide groups is 1. The maximum atomic E-state index is 13.7. The van der Waals surface area contributed by atoms with Gasteiger partial charge in [0.25, 0.3) is 0 Å². The average molecular weight is 939 g/mol. The van der Waals surface area contributed by atoms with Crippen molar-refractivity contribution in [3.8, 4) is 0 Å². The first-order valence-electron chi connectivity index (χ1n) is 23.3. The molecule has 1 aliphatic carbocycles. The predicted octanol–water partition coefficient (Wildman–Crippen LogP) is 1.93. The van der Waals surface area contributed by atoms with E-state index in [1.54, 1.807) is 65.8 Å². The number of rotatable bonds is 12. The topological polar surface area (TPSA) is 243 Å². The number of methoxy groups -OCH3 is 1. The molecule has 20 atom stereocenters. The molecule has 0 aromatic heterocycles. The van der Waals surface area contributed by atoms with E-state index in [0.717, 1.165) is 4.90 Å². The fourth-order valence-electron chi connectivity index (χ4n) is 10.9. The zero-order chi connectivity index (χ0) is 49.1. The number of amides is 2. The molecule has 3 N–H and O–H groups in total. The van der Waals surface area contributed by atoms with Crippen molar-refractivity contribution in [3.63, 3.8) is 0 Å². The summed E-state index contributed by atoms with van der Waals surface area (Å²) in [7, 11) is 6.22.